The summed E-state index contributed by atoms with van der Waals surface area (Å²) in [7, 11) is 0. The Morgan fingerprint density at radius 3 is 2.62 bits per heavy atom. The molecule has 1 rings (SSSR count). The second kappa shape index (κ2) is 9.13. The maximum atomic E-state index is 12.2. The minimum atomic E-state index is -0.165. The van der Waals surface area contributed by atoms with Crippen LogP contribution in [0.3, 0.4) is 0 Å². The molecule has 1 aromatic rings. The van der Waals surface area contributed by atoms with Gasteiger partial charge >= 0.3 is 0 Å². The highest BCUT2D eigenvalue weighted by atomic mass is 16.2. The van der Waals surface area contributed by atoms with Gasteiger partial charge in [-0.25, -0.2) is 0 Å². The first-order valence-electron chi connectivity index (χ1n) is 7.48. The highest BCUT2D eigenvalue weighted by Crippen LogP contribution is 2.16. The summed E-state index contributed by atoms with van der Waals surface area (Å²) in [6.45, 7) is 4.54. The number of rotatable bonds is 8. The molecule has 0 aromatic heterocycles. The first-order chi connectivity index (χ1) is 10.1. The van der Waals surface area contributed by atoms with E-state index in [0.29, 0.717) is 24.2 Å². The molecule has 0 heterocycles. The van der Waals surface area contributed by atoms with E-state index in [0.717, 1.165) is 19.3 Å². The summed E-state index contributed by atoms with van der Waals surface area (Å²) < 4.78 is 0. The van der Waals surface area contributed by atoms with Gasteiger partial charge in [-0.3, -0.25) is 9.59 Å². The highest BCUT2D eigenvalue weighted by molar-refractivity contribution is 6.03. The van der Waals surface area contributed by atoms with Crippen LogP contribution in [0.2, 0.25) is 0 Å². The van der Waals surface area contributed by atoms with Crippen LogP contribution in [0, 0.1) is 0 Å². The lowest BCUT2D eigenvalue weighted by atomic mass is 10.1. The second-order valence-corrected chi connectivity index (χ2v) is 5.12. The van der Waals surface area contributed by atoms with Crippen LogP contribution in [-0.4, -0.2) is 24.4 Å². The van der Waals surface area contributed by atoms with Crippen molar-refractivity contribution in [2.45, 2.75) is 45.6 Å². The molecule has 0 radical (unpaired) electrons. The van der Waals surface area contributed by atoms with Crippen LogP contribution in [0.25, 0.3) is 0 Å². The zero-order valence-electron chi connectivity index (χ0n) is 12.8. The van der Waals surface area contributed by atoms with Gasteiger partial charge < -0.3 is 16.4 Å². The van der Waals surface area contributed by atoms with Crippen LogP contribution in [0.15, 0.2) is 24.3 Å². The summed E-state index contributed by atoms with van der Waals surface area (Å²) in [6, 6.07) is 7.15. The van der Waals surface area contributed by atoms with Gasteiger partial charge in [-0.1, -0.05) is 19.1 Å². The van der Waals surface area contributed by atoms with E-state index in [1.807, 2.05) is 13.8 Å². The van der Waals surface area contributed by atoms with Gasteiger partial charge in [0.25, 0.3) is 5.91 Å². The number of unbranched alkanes of at least 4 members (excludes halogenated alkanes) is 1. The lowest BCUT2D eigenvalue weighted by molar-refractivity contribution is -0.116. The Morgan fingerprint density at radius 2 is 1.95 bits per heavy atom. The van der Waals surface area contributed by atoms with Crippen molar-refractivity contribution < 1.29 is 9.59 Å². The van der Waals surface area contributed by atoms with Crippen molar-refractivity contribution in [1.82, 2.24) is 5.32 Å². The monoisotopic (exact) mass is 291 g/mol. The maximum absolute atomic E-state index is 12.2. The van der Waals surface area contributed by atoms with Gasteiger partial charge in [-0.2, -0.15) is 0 Å². The van der Waals surface area contributed by atoms with Crippen LogP contribution in [-0.2, 0) is 4.79 Å². The molecule has 1 atom stereocenters. The van der Waals surface area contributed by atoms with Gasteiger partial charge in [0.05, 0.1) is 11.3 Å². The molecule has 4 N–H and O–H groups in total. The third kappa shape index (κ3) is 5.95. The van der Waals surface area contributed by atoms with Gasteiger partial charge in [0, 0.05) is 12.5 Å². The summed E-state index contributed by atoms with van der Waals surface area (Å²) in [5.74, 6) is -0.255. The number of amides is 2. The van der Waals surface area contributed by atoms with Gasteiger partial charge in [0.2, 0.25) is 5.91 Å². The first kappa shape index (κ1) is 17.2. The van der Waals surface area contributed by atoms with Crippen molar-refractivity contribution in [2.75, 3.05) is 11.9 Å². The number of hydrogen-bond acceptors (Lipinski definition) is 3. The minimum Gasteiger partial charge on any atom is -0.350 e. The average molecular weight is 291 g/mol. The SMILES string of the molecule is CCC(C)NC(=O)c1ccccc1NC(=O)CCCCN. The predicted molar refractivity (Wildman–Crippen MR) is 85.2 cm³/mol. The Hall–Kier alpha value is -1.88. The number of benzene rings is 1. The zero-order valence-corrected chi connectivity index (χ0v) is 12.8. The maximum Gasteiger partial charge on any atom is 0.253 e. The zero-order chi connectivity index (χ0) is 15.7. The number of hydrogen-bond donors (Lipinski definition) is 3. The van der Waals surface area contributed by atoms with E-state index < -0.39 is 0 Å². The van der Waals surface area contributed by atoms with Crippen LogP contribution in [0.5, 0.6) is 0 Å². The molecule has 0 bridgehead atoms. The van der Waals surface area contributed by atoms with Crippen molar-refractivity contribution in [3.8, 4) is 0 Å². The molecular formula is C16H25N3O2. The third-order valence-corrected chi connectivity index (χ3v) is 3.29. The number of para-hydroxylation sites is 1. The van der Waals surface area contributed by atoms with Crippen LogP contribution in [0.1, 0.15) is 49.9 Å². The van der Waals surface area contributed by atoms with E-state index in [-0.39, 0.29) is 17.9 Å². The van der Waals surface area contributed by atoms with Crippen molar-refractivity contribution in [1.29, 1.82) is 0 Å². The number of nitrogens with two attached hydrogens (primary N) is 1. The summed E-state index contributed by atoms with van der Waals surface area (Å²) in [5, 5.41) is 5.71. The van der Waals surface area contributed by atoms with E-state index in [4.69, 9.17) is 5.73 Å². The molecule has 0 aliphatic rings. The molecule has 21 heavy (non-hydrogen) atoms. The summed E-state index contributed by atoms with van der Waals surface area (Å²) >= 11 is 0. The summed E-state index contributed by atoms with van der Waals surface area (Å²) in [5.41, 5.74) is 6.45. The van der Waals surface area contributed by atoms with Crippen LogP contribution < -0.4 is 16.4 Å². The quantitative estimate of drug-likeness (QED) is 0.642. The Balaban J connectivity index is 2.70. The Kier molecular flexibility index (Phi) is 7.46. The lowest BCUT2D eigenvalue weighted by Gasteiger charge is -2.14. The third-order valence-electron chi connectivity index (χ3n) is 3.29. The van der Waals surface area contributed by atoms with E-state index in [9.17, 15) is 9.59 Å². The Labute approximate surface area is 126 Å². The van der Waals surface area contributed by atoms with Crippen molar-refractivity contribution >= 4 is 17.5 Å². The summed E-state index contributed by atoms with van der Waals surface area (Å²) in [6.07, 6.45) is 2.85. The van der Waals surface area contributed by atoms with E-state index in [1.165, 1.54) is 0 Å². The molecule has 0 saturated heterocycles. The minimum absolute atomic E-state index is 0.0905. The molecule has 0 spiro atoms. The fourth-order valence-corrected chi connectivity index (χ4v) is 1.84. The van der Waals surface area contributed by atoms with Gasteiger partial charge in [-0.05, 0) is 44.9 Å². The van der Waals surface area contributed by atoms with Crippen molar-refractivity contribution in [2.24, 2.45) is 5.73 Å². The van der Waals surface area contributed by atoms with Gasteiger partial charge in [0.1, 0.15) is 0 Å². The standard InChI is InChI=1S/C16H25N3O2/c1-3-12(2)18-16(21)13-8-4-5-9-14(13)19-15(20)10-6-7-11-17/h4-5,8-9,12H,3,6-7,10-11,17H2,1-2H3,(H,18,21)(H,19,20). The first-order valence-corrected chi connectivity index (χ1v) is 7.48. The smallest absolute Gasteiger partial charge is 0.253 e. The van der Waals surface area contributed by atoms with Crippen molar-refractivity contribution in [3.63, 3.8) is 0 Å². The molecule has 116 valence electrons. The molecule has 1 aromatic carbocycles. The molecule has 5 heteroatoms. The molecule has 0 saturated carbocycles. The number of carbonyl (C=O) groups excluding carboxylic acids is 2. The molecule has 0 aliphatic heterocycles. The van der Waals surface area contributed by atoms with Gasteiger partial charge in [0.15, 0.2) is 0 Å². The fourth-order valence-electron chi connectivity index (χ4n) is 1.84. The molecule has 2 amide bonds. The summed E-state index contributed by atoms with van der Waals surface area (Å²) in [4.78, 5) is 24.1. The predicted octanol–water partition coefficient (Wildman–Crippen LogP) is 2.28. The normalized spacial score (nSPS) is 11.8. The molecule has 0 fully saturated rings. The molecule has 1 unspecified atom stereocenters. The second-order valence-electron chi connectivity index (χ2n) is 5.12. The molecule has 0 aliphatic carbocycles. The van der Waals surface area contributed by atoms with E-state index in [1.54, 1.807) is 24.3 Å². The number of nitrogens with one attached hydrogen (secondary N) is 2. The number of carbonyl (C=O) groups is 2. The Bertz CT molecular complexity index is 474. The van der Waals surface area contributed by atoms with E-state index in [2.05, 4.69) is 10.6 Å². The topological polar surface area (TPSA) is 84.2 Å². The van der Waals surface area contributed by atoms with Crippen LogP contribution >= 0.6 is 0 Å². The lowest BCUT2D eigenvalue weighted by Crippen LogP contribution is -2.32. The largest absolute Gasteiger partial charge is 0.350 e. The van der Waals surface area contributed by atoms with Crippen molar-refractivity contribution in [3.05, 3.63) is 29.8 Å². The van der Waals surface area contributed by atoms with Gasteiger partial charge in [-0.15, -0.1) is 0 Å². The average Bonchev–Trinajstić information content (AvgIpc) is 2.47. The van der Waals surface area contributed by atoms with Crippen LogP contribution in [0.4, 0.5) is 5.69 Å². The van der Waals surface area contributed by atoms with E-state index >= 15 is 0 Å². The molecule has 5 nitrogen and oxygen atoms in total. The highest BCUT2D eigenvalue weighted by Gasteiger charge is 2.14. The molecular weight excluding hydrogens is 266 g/mol. The fraction of sp³-hybridized carbons (Fsp3) is 0.500. The number of anilines is 1. The Morgan fingerprint density at radius 1 is 1.24 bits per heavy atom.